The molecule has 0 saturated carbocycles. The van der Waals surface area contributed by atoms with E-state index in [2.05, 4.69) is 15.3 Å². The third-order valence-corrected chi connectivity index (χ3v) is 4.58. The van der Waals surface area contributed by atoms with E-state index in [-0.39, 0.29) is 11.3 Å². The number of aromatic amines is 1. The molecule has 0 aliphatic carbocycles. The van der Waals surface area contributed by atoms with E-state index < -0.39 is 23.2 Å². The zero-order valence-corrected chi connectivity index (χ0v) is 14.4. The van der Waals surface area contributed by atoms with Crippen molar-refractivity contribution in [2.45, 2.75) is 17.8 Å². The molecule has 0 radical (unpaired) electrons. The summed E-state index contributed by atoms with van der Waals surface area (Å²) in [7, 11) is 0. The summed E-state index contributed by atoms with van der Waals surface area (Å²) in [6.45, 7) is 2.00. The number of amides is 1. The fourth-order valence-electron chi connectivity index (χ4n) is 1.76. The van der Waals surface area contributed by atoms with Gasteiger partial charge in [-0.1, -0.05) is 24.8 Å². The SMILES string of the molecule is CCSCc1cc(=O)[nH]c(SCC(=O)Nc2c(F)cccc2F)n1. The molecule has 0 unspecified atom stereocenters. The van der Waals surface area contributed by atoms with Crippen LogP contribution in [0.1, 0.15) is 12.6 Å². The first-order valence-electron chi connectivity index (χ1n) is 7.04. The van der Waals surface area contributed by atoms with E-state index >= 15 is 0 Å². The van der Waals surface area contributed by atoms with E-state index in [0.717, 1.165) is 29.6 Å². The smallest absolute Gasteiger partial charge is 0.251 e. The fourth-order valence-corrected chi connectivity index (χ4v) is 3.01. The number of para-hydroxylation sites is 1. The highest BCUT2D eigenvalue weighted by Crippen LogP contribution is 2.19. The van der Waals surface area contributed by atoms with Crippen molar-refractivity contribution in [2.24, 2.45) is 0 Å². The molecule has 0 saturated heterocycles. The zero-order chi connectivity index (χ0) is 17.5. The maximum Gasteiger partial charge on any atom is 0.251 e. The summed E-state index contributed by atoms with van der Waals surface area (Å²) in [5, 5.41) is 2.47. The molecular weight excluding hydrogens is 356 g/mol. The fraction of sp³-hybridized carbons (Fsp3) is 0.267. The largest absolute Gasteiger partial charge is 0.320 e. The molecule has 1 aromatic heterocycles. The Morgan fingerprint density at radius 2 is 2.04 bits per heavy atom. The van der Waals surface area contributed by atoms with Crippen LogP contribution < -0.4 is 10.9 Å². The second-order valence-corrected chi connectivity index (χ2v) is 6.85. The Labute approximate surface area is 145 Å². The molecule has 0 spiro atoms. The minimum atomic E-state index is -0.849. The van der Waals surface area contributed by atoms with Gasteiger partial charge in [-0.15, -0.1) is 0 Å². The van der Waals surface area contributed by atoms with Crippen LogP contribution >= 0.6 is 23.5 Å². The second kappa shape index (κ2) is 8.84. The number of halogens is 2. The van der Waals surface area contributed by atoms with Crippen molar-refractivity contribution in [1.29, 1.82) is 0 Å². The molecule has 1 amide bonds. The third-order valence-electron chi connectivity index (χ3n) is 2.79. The maximum atomic E-state index is 13.5. The van der Waals surface area contributed by atoms with Gasteiger partial charge in [0.05, 0.1) is 11.4 Å². The molecule has 128 valence electrons. The van der Waals surface area contributed by atoms with E-state index in [9.17, 15) is 18.4 Å². The molecule has 2 rings (SSSR count). The molecule has 0 bridgehead atoms. The number of hydrogen-bond acceptors (Lipinski definition) is 5. The summed E-state index contributed by atoms with van der Waals surface area (Å²) in [5.74, 6) is -0.938. The average Bonchev–Trinajstić information content (AvgIpc) is 2.54. The molecular formula is C15H15F2N3O2S2. The second-order valence-electron chi connectivity index (χ2n) is 4.61. The van der Waals surface area contributed by atoms with Crippen LogP contribution in [0, 0.1) is 11.6 Å². The van der Waals surface area contributed by atoms with E-state index in [1.54, 1.807) is 11.8 Å². The average molecular weight is 371 g/mol. The van der Waals surface area contributed by atoms with Crippen LogP contribution in [0.2, 0.25) is 0 Å². The van der Waals surface area contributed by atoms with E-state index in [1.807, 2.05) is 6.92 Å². The Balaban J connectivity index is 1.99. The summed E-state index contributed by atoms with van der Waals surface area (Å²) in [6, 6.07) is 4.73. The van der Waals surface area contributed by atoms with Crippen LogP contribution in [0.3, 0.4) is 0 Å². The minimum Gasteiger partial charge on any atom is -0.320 e. The van der Waals surface area contributed by atoms with Gasteiger partial charge in [0.2, 0.25) is 5.91 Å². The summed E-state index contributed by atoms with van der Waals surface area (Å²) < 4.78 is 26.9. The number of aromatic nitrogens is 2. The number of hydrogen-bond donors (Lipinski definition) is 2. The lowest BCUT2D eigenvalue weighted by Crippen LogP contribution is -2.17. The van der Waals surface area contributed by atoms with Gasteiger partial charge in [-0.05, 0) is 17.9 Å². The lowest BCUT2D eigenvalue weighted by molar-refractivity contribution is -0.113. The highest BCUT2D eigenvalue weighted by molar-refractivity contribution is 7.99. The van der Waals surface area contributed by atoms with Gasteiger partial charge in [0, 0.05) is 11.8 Å². The molecule has 0 aliphatic heterocycles. The van der Waals surface area contributed by atoms with Gasteiger partial charge in [0.15, 0.2) is 5.16 Å². The van der Waals surface area contributed by atoms with Crippen LogP contribution in [0.15, 0.2) is 34.2 Å². The number of benzene rings is 1. The van der Waals surface area contributed by atoms with Crippen molar-refractivity contribution >= 4 is 35.1 Å². The molecule has 5 nitrogen and oxygen atoms in total. The lowest BCUT2D eigenvalue weighted by Gasteiger charge is -2.07. The lowest BCUT2D eigenvalue weighted by atomic mass is 10.3. The number of anilines is 1. The van der Waals surface area contributed by atoms with E-state index in [0.29, 0.717) is 16.6 Å². The Morgan fingerprint density at radius 3 is 2.71 bits per heavy atom. The van der Waals surface area contributed by atoms with Gasteiger partial charge in [-0.3, -0.25) is 9.59 Å². The van der Waals surface area contributed by atoms with Gasteiger partial charge in [-0.25, -0.2) is 13.8 Å². The Kier molecular flexibility index (Phi) is 6.80. The quantitative estimate of drug-likeness (QED) is 0.578. The molecule has 0 aliphatic rings. The molecule has 2 N–H and O–H groups in total. The van der Waals surface area contributed by atoms with Crippen LogP contribution in [0.4, 0.5) is 14.5 Å². The molecule has 0 fully saturated rings. The summed E-state index contributed by atoms with van der Waals surface area (Å²) in [5.41, 5.74) is -0.175. The first-order chi connectivity index (χ1) is 11.5. The predicted octanol–water partition coefficient (Wildman–Crippen LogP) is 3.03. The number of carbonyl (C=O) groups excluding carboxylic acids is 1. The molecule has 0 atom stereocenters. The van der Waals surface area contributed by atoms with Crippen LogP contribution in [0.5, 0.6) is 0 Å². The summed E-state index contributed by atoms with van der Waals surface area (Å²) >= 11 is 2.61. The summed E-state index contributed by atoms with van der Waals surface area (Å²) in [6.07, 6.45) is 0. The Morgan fingerprint density at radius 1 is 1.33 bits per heavy atom. The summed E-state index contributed by atoms with van der Waals surface area (Å²) in [4.78, 5) is 30.2. The topological polar surface area (TPSA) is 74.8 Å². The number of H-pyrrole nitrogens is 1. The standard InChI is InChI=1S/C15H15F2N3O2S2/c1-2-23-7-9-6-12(21)20-15(18-9)24-8-13(22)19-14-10(16)4-3-5-11(14)17/h3-6H,2,7-8H2,1H3,(H,19,22)(H,18,20,21). The zero-order valence-electron chi connectivity index (χ0n) is 12.8. The molecule has 9 heteroatoms. The minimum absolute atomic E-state index is 0.138. The van der Waals surface area contributed by atoms with Crippen molar-refractivity contribution in [3.63, 3.8) is 0 Å². The van der Waals surface area contributed by atoms with Crippen LogP contribution in [0.25, 0.3) is 0 Å². The monoisotopic (exact) mass is 371 g/mol. The van der Waals surface area contributed by atoms with Gasteiger partial charge >= 0.3 is 0 Å². The maximum absolute atomic E-state index is 13.5. The van der Waals surface area contributed by atoms with Crippen molar-refractivity contribution < 1.29 is 13.6 Å². The predicted molar refractivity (Wildman–Crippen MR) is 92.4 cm³/mol. The van der Waals surface area contributed by atoms with Gasteiger partial charge in [0.1, 0.15) is 17.3 Å². The van der Waals surface area contributed by atoms with Crippen molar-refractivity contribution in [3.8, 4) is 0 Å². The number of thioether (sulfide) groups is 2. The van der Waals surface area contributed by atoms with Gasteiger partial charge in [0.25, 0.3) is 5.56 Å². The van der Waals surface area contributed by atoms with Crippen LogP contribution in [-0.2, 0) is 10.5 Å². The number of nitrogens with one attached hydrogen (secondary N) is 2. The third kappa shape index (κ3) is 5.34. The molecule has 24 heavy (non-hydrogen) atoms. The highest BCUT2D eigenvalue weighted by Gasteiger charge is 2.13. The molecule has 2 aromatic rings. The van der Waals surface area contributed by atoms with Crippen LogP contribution in [-0.4, -0.2) is 27.4 Å². The van der Waals surface area contributed by atoms with E-state index in [4.69, 9.17) is 0 Å². The number of nitrogens with zero attached hydrogens (tertiary/aromatic N) is 1. The number of carbonyl (C=O) groups is 1. The van der Waals surface area contributed by atoms with E-state index in [1.165, 1.54) is 12.1 Å². The van der Waals surface area contributed by atoms with Gasteiger partial charge in [-0.2, -0.15) is 11.8 Å². The van der Waals surface area contributed by atoms with Crippen molar-refractivity contribution in [2.75, 3.05) is 16.8 Å². The molecule has 1 aromatic carbocycles. The van der Waals surface area contributed by atoms with Crippen molar-refractivity contribution in [3.05, 3.63) is 51.9 Å². The number of rotatable bonds is 7. The Hall–Kier alpha value is -1.87. The molecule has 1 heterocycles. The van der Waals surface area contributed by atoms with Gasteiger partial charge < -0.3 is 10.3 Å². The first-order valence-corrected chi connectivity index (χ1v) is 9.18. The van der Waals surface area contributed by atoms with Crippen molar-refractivity contribution in [1.82, 2.24) is 9.97 Å². The highest BCUT2D eigenvalue weighted by atomic mass is 32.2. The Bertz CT molecular complexity index is 763. The normalized spacial score (nSPS) is 10.6. The first kappa shape index (κ1) is 18.5.